The van der Waals surface area contributed by atoms with Gasteiger partial charge in [-0.25, -0.2) is 0 Å². The number of hydrogen-bond acceptors (Lipinski definition) is 4. The molecule has 0 aliphatic heterocycles. The molecule has 1 fully saturated rings. The molecule has 2 rings (SSSR count). The van der Waals surface area contributed by atoms with Gasteiger partial charge in [-0.15, -0.1) is 0 Å². The van der Waals surface area contributed by atoms with Gasteiger partial charge in [-0.05, 0) is 40.8 Å². The number of nitrogen functional groups attached to an aromatic ring is 1. The second-order valence-corrected chi connectivity index (χ2v) is 6.34. The highest BCUT2D eigenvalue weighted by atomic mass is 16.2. The van der Waals surface area contributed by atoms with Crippen molar-refractivity contribution in [3.63, 3.8) is 0 Å². The molecule has 21 heavy (non-hydrogen) atoms. The summed E-state index contributed by atoms with van der Waals surface area (Å²) in [5.41, 5.74) is 8.31. The van der Waals surface area contributed by atoms with Crippen LogP contribution in [0.5, 0.6) is 0 Å². The van der Waals surface area contributed by atoms with Crippen LogP contribution in [0.4, 0.5) is 5.69 Å². The van der Waals surface area contributed by atoms with E-state index in [1.54, 1.807) is 4.68 Å². The maximum absolute atomic E-state index is 12.2. The summed E-state index contributed by atoms with van der Waals surface area (Å²) < 4.78 is 1.68. The fourth-order valence-corrected chi connectivity index (χ4v) is 3.13. The lowest BCUT2D eigenvalue weighted by Gasteiger charge is -2.36. The van der Waals surface area contributed by atoms with Crippen LogP contribution >= 0.6 is 0 Å². The third-order valence-corrected chi connectivity index (χ3v) is 4.83. The molecule has 1 aliphatic rings. The van der Waals surface area contributed by atoms with Gasteiger partial charge in [-0.3, -0.25) is 9.48 Å². The Hall–Kier alpha value is -1.56. The number of amides is 1. The average molecular weight is 293 g/mol. The van der Waals surface area contributed by atoms with Gasteiger partial charge in [0.15, 0.2) is 0 Å². The monoisotopic (exact) mass is 293 g/mol. The van der Waals surface area contributed by atoms with E-state index in [9.17, 15) is 4.79 Å². The predicted octanol–water partition coefficient (Wildman–Crippen LogP) is 1.07. The van der Waals surface area contributed by atoms with Gasteiger partial charge in [-0.1, -0.05) is 12.8 Å². The molecular weight excluding hydrogens is 266 g/mol. The minimum atomic E-state index is -0.00581. The number of likely N-dealkylation sites (N-methyl/N-ethyl adjacent to an activating group) is 1. The van der Waals surface area contributed by atoms with Crippen LogP contribution in [0.3, 0.4) is 0 Å². The van der Waals surface area contributed by atoms with Crippen molar-refractivity contribution in [3.8, 4) is 0 Å². The normalized spacial score (nSPS) is 17.4. The minimum absolute atomic E-state index is 0.00581. The largest absolute Gasteiger partial charge is 0.396 e. The van der Waals surface area contributed by atoms with E-state index in [1.807, 2.05) is 13.8 Å². The van der Waals surface area contributed by atoms with Gasteiger partial charge in [0.05, 0.1) is 17.1 Å². The average Bonchev–Trinajstić information content (AvgIpc) is 3.00. The first-order chi connectivity index (χ1) is 9.85. The lowest BCUT2D eigenvalue weighted by atomic mass is 9.96. The Morgan fingerprint density at radius 2 is 2.00 bits per heavy atom. The summed E-state index contributed by atoms with van der Waals surface area (Å²) in [5.74, 6) is -0.00581. The van der Waals surface area contributed by atoms with Gasteiger partial charge >= 0.3 is 0 Å². The van der Waals surface area contributed by atoms with Crippen LogP contribution < -0.4 is 11.1 Å². The zero-order valence-corrected chi connectivity index (χ0v) is 13.6. The number of aryl methyl sites for hydroxylation is 1. The topological polar surface area (TPSA) is 76.2 Å². The number of hydrogen-bond donors (Lipinski definition) is 2. The predicted molar refractivity (Wildman–Crippen MR) is 84.0 cm³/mol. The van der Waals surface area contributed by atoms with Crippen LogP contribution in [0.1, 0.15) is 37.1 Å². The maximum atomic E-state index is 12.2. The van der Waals surface area contributed by atoms with E-state index < -0.39 is 0 Å². The van der Waals surface area contributed by atoms with E-state index in [2.05, 4.69) is 29.4 Å². The maximum Gasteiger partial charge on any atom is 0.241 e. The summed E-state index contributed by atoms with van der Waals surface area (Å²) in [6.07, 6.45) is 4.77. The third kappa shape index (κ3) is 3.20. The lowest BCUT2D eigenvalue weighted by Crippen LogP contribution is -2.51. The fraction of sp³-hybridized carbons (Fsp3) is 0.733. The van der Waals surface area contributed by atoms with Crippen molar-refractivity contribution in [3.05, 3.63) is 11.4 Å². The van der Waals surface area contributed by atoms with E-state index in [1.165, 1.54) is 12.8 Å². The van der Waals surface area contributed by atoms with Crippen LogP contribution in [0.15, 0.2) is 0 Å². The molecule has 118 valence electrons. The summed E-state index contributed by atoms with van der Waals surface area (Å²) in [5, 5.41) is 7.37. The smallest absolute Gasteiger partial charge is 0.241 e. The molecule has 0 atom stereocenters. The molecule has 0 bridgehead atoms. The number of nitrogens with one attached hydrogen (secondary N) is 1. The summed E-state index contributed by atoms with van der Waals surface area (Å²) in [6.45, 7) is 4.68. The van der Waals surface area contributed by atoms with Crippen molar-refractivity contribution in [1.29, 1.82) is 0 Å². The zero-order valence-electron chi connectivity index (χ0n) is 13.6. The van der Waals surface area contributed by atoms with E-state index in [4.69, 9.17) is 5.73 Å². The Balaban J connectivity index is 1.94. The molecule has 1 aliphatic carbocycles. The Bertz CT molecular complexity index is 514. The van der Waals surface area contributed by atoms with Crippen LogP contribution in [0.2, 0.25) is 0 Å². The van der Waals surface area contributed by atoms with Gasteiger partial charge in [0.2, 0.25) is 5.91 Å². The molecule has 1 heterocycles. The van der Waals surface area contributed by atoms with Crippen molar-refractivity contribution in [1.82, 2.24) is 20.0 Å². The fourth-order valence-electron chi connectivity index (χ4n) is 3.13. The Labute approximate surface area is 126 Å². The molecule has 0 spiro atoms. The summed E-state index contributed by atoms with van der Waals surface area (Å²) >= 11 is 0. The molecule has 1 amide bonds. The van der Waals surface area contributed by atoms with E-state index in [0.717, 1.165) is 24.2 Å². The standard InChI is InChI=1S/C15H27N5O/c1-11-14(16)12(2)20(18-11)9-13(21)17-10-15(19(3)4)7-5-6-8-15/h5-10,16H2,1-4H3,(H,17,21). The molecule has 1 saturated carbocycles. The molecule has 3 N–H and O–H groups in total. The van der Waals surface area contributed by atoms with Crippen molar-refractivity contribution in [2.24, 2.45) is 0 Å². The van der Waals surface area contributed by atoms with Gasteiger partial charge in [0, 0.05) is 12.1 Å². The second kappa shape index (κ2) is 6.05. The van der Waals surface area contributed by atoms with E-state index in [0.29, 0.717) is 12.2 Å². The Kier molecular flexibility index (Phi) is 4.56. The number of nitrogens with zero attached hydrogens (tertiary/aromatic N) is 3. The number of nitrogens with two attached hydrogens (primary N) is 1. The summed E-state index contributed by atoms with van der Waals surface area (Å²) in [4.78, 5) is 14.4. The number of rotatable bonds is 5. The molecule has 0 unspecified atom stereocenters. The second-order valence-electron chi connectivity index (χ2n) is 6.34. The van der Waals surface area contributed by atoms with Crippen LogP contribution in [0.25, 0.3) is 0 Å². The van der Waals surface area contributed by atoms with Gasteiger partial charge in [-0.2, -0.15) is 5.10 Å². The number of aromatic nitrogens is 2. The molecule has 6 nitrogen and oxygen atoms in total. The highest BCUT2D eigenvalue weighted by Crippen LogP contribution is 2.33. The Morgan fingerprint density at radius 3 is 2.48 bits per heavy atom. The molecule has 1 aromatic rings. The first-order valence-electron chi connectivity index (χ1n) is 7.59. The first-order valence-corrected chi connectivity index (χ1v) is 7.59. The number of carbonyl (C=O) groups excluding carboxylic acids is 1. The highest BCUT2D eigenvalue weighted by molar-refractivity contribution is 5.76. The number of carbonyl (C=O) groups is 1. The van der Waals surface area contributed by atoms with Gasteiger partial charge in [0.1, 0.15) is 6.54 Å². The van der Waals surface area contributed by atoms with Crippen molar-refractivity contribution < 1.29 is 4.79 Å². The minimum Gasteiger partial charge on any atom is -0.396 e. The molecule has 6 heteroatoms. The lowest BCUT2D eigenvalue weighted by molar-refractivity contribution is -0.122. The van der Waals surface area contributed by atoms with Crippen molar-refractivity contribution in [2.75, 3.05) is 26.4 Å². The molecule has 0 aromatic carbocycles. The SMILES string of the molecule is Cc1nn(CC(=O)NCC2(N(C)C)CCCC2)c(C)c1N. The molecular formula is C15H27N5O. The van der Waals surface area contributed by atoms with E-state index >= 15 is 0 Å². The molecule has 0 radical (unpaired) electrons. The van der Waals surface area contributed by atoms with Gasteiger partial charge in [0.25, 0.3) is 0 Å². The first kappa shape index (κ1) is 15.8. The number of anilines is 1. The van der Waals surface area contributed by atoms with Crippen LogP contribution in [0, 0.1) is 13.8 Å². The highest BCUT2D eigenvalue weighted by Gasteiger charge is 2.36. The summed E-state index contributed by atoms with van der Waals surface area (Å²) in [6, 6.07) is 0. The van der Waals surface area contributed by atoms with Crippen LogP contribution in [-0.4, -0.2) is 46.8 Å². The van der Waals surface area contributed by atoms with E-state index in [-0.39, 0.29) is 18.0 Å². The third-order valence-electron chi connectivity index (χ3n) is 4.83. The quantitative estimate of drug-likeness (QED) is 0.851. The van der Waals surface area contributed by atoms with Crippen LogP contribution in [-0.2, 0) is 11.3 Å². The van der Waals surface area contributed by atoms with Crippen molar-refractivity contribution in [2.45, 2.75) is 51.6 Å². The molecule has 1 aromatic heterocycles. The zero-order chi connectivity index (χ0) is 15.6. The Morgan fingerprint density at radius 1 is 1.38 bits per heavy atom. The van der Waals surface area contributed by atoms with Crippen molar-refractivity contribution >= 4 is 11.6 Å². The summed E-state index contributed by atoms with van der Waals surface area (Å²) in [7, 11) is 4.19. The van der Waals surface area contributed by atoms with Gasteiger partial charge < -0.3 is 16.0 Å². The molecule has 0 saturated heterocycles.